The monoisotopic (exact) mass is 422 g/mol. The van der Waals surface area contributed by atoms with Crippen molar-refractivity contribution in [3.8, 4) is 0 Å². The number of anilines is 1. The van der Waals surface area contributed by atoms with Crippen molar-refractivity contribution in [1.82, 2.24) is 4.98 Å². The van der Waals surface area contributed by atoms with Crippen LogP contribution in [0.5, 0.6) is 0 Å². The number of hydrogen-bond acceptors (Lipinski definition) is 6. The van der Waals surface area contributed by atoms with Crippen LogP contribution >= 0.6 is 0 Å². The SMILES string of the molecule is Cc1c(C2C(=O)c3ncccc3C(C)(C)S2(=O)=O)cccc1N(C)S(C)(=O)=O. The highest BCUT2D eigenvalue weighted by Crippen LogP contribution is 2.47. The highest BCUT2D eigenvalue weighted by molar-refractivity contribution is 7.93. The molecule has 28 heavy (non-hydrogen) atoms. The van der Waals surface area contributed by atoms with Gasteiger partial charge in [0, 0.05) is 18.8 Å². The van der Waals surface area contributed by atoms with Gasteiger partial charge in [-0.15, -0.1) is 0 Å². The molecule has 0 bridgehead atoms. The van der Waals surface area contributed by atoms with Crippen molar-refractivity contribution < 1.29 is 21.6 Å². The van der Waals surface area contributed by atoms with Crippen LogP contribution in [-0.4, -0.2) is 40.9 Å². The van der Waals surface area contributed by atoms with Gasteiger partial charge >= 0.3 is 0 Å². The molecule has 0 saturated heterocycles. The molecule has 0 aliphatic carbocycles. The fourth-order valence-corrected chi connectivity index (χ4v) is 6.15. The van der Waals surface area contributed by atoms with Crippen LogP contribution in [0.3, 0.4) is 0 Å². The van der Waals surface area contributed by atoms with Gasteiger partial charge in [0.25, 0.3) is 0 Å². The first kappa shape index (κ1) is 20.5. The van der Waals surface area contributed by atoms with Gasteiger partial charge in [0.2, 0.25) is 15.8 Å². The van der Waals surface area contributed by atoms with Gasteiger partial charge in [0.1, 0.15) is 5.69 Å². The van der Waals surface area contributed by atoms with Gasteiger partial charge in [-0.2, -0.15) is 0 Å². The molecule has 1 atom stereocenters. The van der Waals surface area contributed by atoms with Crippen molar-refractivity contribution in [3.05, 3.63) is 58.9 Å². The lowest BCUT2D eigenvalue weighted by atomic mass is 9.93. The average molecular weight is 423 g/mol. The minimum atomic E-state index is -3.98. The van der Waals surface area contributed by atoms with E-state index < -0.39 is 35.6 Å². The summed E-state index contributed by atoms with van der Waals surface area (Å²) in [5.41, 5.74) is 1.52. The molecule has 9 heteroatoms. The average Bonchev–Trinajstić information content (AvgIpc) is 2.60. The lowest BCUT2D eigenvalue weighted by molar-refractivity contribution is 0.0975. The maximum Gasteiger partial charge on any atom is 0.232 e. The molecule has 150 valence electrons. The van der Waals surface area contributed by atoms with E-state index in [1.165, 1.54) is 13.2 Å². The van der Waals surface area contributed by atoms with Gasteiger partial charge in [-0.25, -0.2) is 16.8 Å². The number of Topliss-reactive ketones (excluding diaryl/α,β-unsaturated/α-hetero) is 1. The van der Waals surface area contributed by atoms with Crippen molar-refractivity contribution in [2.24, 2.45) is 0 Å². The van der Waals surface area contributed by atoms with Crippen LogP contribution in [0.1, 0.15) is 46.3 Å². The maximum absolute atomic E-state index is 13.5. The fraction of sp³-hybridized carbons (Fsp3) is 0.368. The Morgan fingerprint density at radius 3 is 2.39 bits per heavy atom. The standard InChI is InChI=1S/C19H22N2O5S2/c1-12-13(8-6-10-15(12)21(4)27(5,23)24)18-17(22)16-14(9-7-11-20-16)19(2,3)28(18,25)26/h6-11,18H,1-5H3. The molecule has 0 saturated carbocycles. The molecule has 0 spiro atoms. The van der Waals surface area contributed by atoms with Crippen LogP contribution < -0.4 is 4.31 Å². The predicted molar refractivity (Wildman–Crippen MR) is 108 cm³/mol. The van der Waals surface area contributed by atoms with Crippen LogP contribution in [0.4, 0.5) is 5.69 Å². The molecule has 0 amide bonds. The number of rotatable bonds is 3. The van der Waals surface area contributed by atoms with Crippen LogP contribution in [0.25, 0.3) is 0 Å². The first-order chi connectivity index (χ1) is 12.8. The third kappa shape index (κ3) is 2.84. The normalized spacial score (nSPS) is 20.5. The summed E-state index contributed by atoms with van der Waals surface area (Å²) in [7, 11) is -6.14. The number of nitrogens with zero attached hydrogens (tertiary/aromatic N) is 2. The second kappa shape index (κ2) is 6.38. The largest absolute Gasteiger partial charge is 0.291 e. The summed E-state index contributed by atoms with van der Waals surface area (Å²) in [6.07, 6.45) is 2.52. The summed E-state index contributed by atoms with van der Waals surface area (Å²) in [6, 6.07) is 7.91. The number of sulfone groups is 1. The molecule has 0 radical (unpaired) electrons. The molecular formula is C19H22N2O5S2. The topological polar surface area (TPSA) is 101 Å². The molecule has 2 aromatic rings. The Balaban J connectivity index is 2.30. The molecule has 1 aliphatic rings. The molecule has 0 fully saturated rings. The molecule has 1 aromatic carbocycles. The van der Waals surface area contributed by atoms with Crippen molar-refractivity contribution in [3.63, 3.8) is 0 Å². The van der Waals surface area contributed by atoms with Crippen LogP contribution in [0.2, 0.25) is 0 Å². The Labute approximate surface area is 165 Å². The maximum atomic E-state index is 13.5. The summed E-state index contributed by atoms with van der Waals surface area (Å²) in [5.74, 6) is -0.600. The number of sulfonamides is 1. The minimum Gasteiger partial charge on any atom is -0.291 e. The van der Waals surface area contributed by atoms with Gasteiger partial charge in [-0.05, 0) is 44.0 Å². The predicted octanol–water partition coefficient (Wildman–Crippen LogP) is 2.37. The number of fused-ring (bicyclic) bond motifs is 1. The number of aromatic nitrogens is 1. The molecule has 0 N–H and O–H groups in total. The molecule has 1 aliphatic heterocycles. The summed E-state index contributed by atoms with van der Waals surface area (Å²) in [4.78, 5) is 17.3. The Hall–Kier alpha value is -2.26. The summed E-state index contributed by atoms with van der Waals surface area (Å²) in [5, 5.41) is -1.45. The first-order valence-corrected chi connectivity index (χ1v) is 12.0. The van der Waals surface area contributed by atoms with E-state index >= 15 is 0 Å². The molecule has 7 nitrogen and oxygen atoms in total. The lowest BCUT2D eigenvalue weighted by Crippen LogP contribution is -2.43. The van der Waals surface area contributed by atoms with Crippen molar-refractivity contribution in [2.75, 3.05) is 17.6 Å². The third-order valence-corrected chi connectivity index (χ3v) is 9.34. The quantitative estimate of drug-likeness (QED) is 0.753. The van der Waals surface area contributed by atoms with Gasteiger partial charge in [0.15, 0.2) is 15.1 Å². The summed E-state index contributed by atoms with van der Waals surface area (Å²) >= 11 is 0. The van der Waals surface area contributed by atoms with Crippen molar-refractivity contribution >= 4 is 31.3 Å². The highest BCUT2D eigenvalue weighted by Gasteiger charge is 2.53. The van der Waals surface area contributed by atoms with Gasteiger partial charge < -0.3 is 0 Å². The zero-order valence-corrected chi connectivity index (χ0v) is 17.9. The molecule has 3 rings (SSSR count). The molecule has 2 heterocycles. The van der Waals surface area contributed by atoms with Gasteiger partial charge in [-0.1, -0.05) is 18.2 Å². The number of hydrogen-bond donors (Lipinski definition) is 0. The minimum absolute atomic E-state index is 0.133. The highest BCUT2D eigenvalue weighted by atomic mass is 32.2. The number of carbonyl (C=O) groups excluding carboxylic acids is 1. The number of carbonyl (C=O) groups is 1. The Kier molecular flexibility index (Phi) is 4.67. The fourth-order valence-electron chi connectivity index (χ4n) is 3.55. The summed E-state index contributed by atoms with van der Waals surface area (Å²) < 4.78 is 50.6. The van der Waals surface area contributed by atoms with Crippen molar-refractivity contribution in [2.45, 2.75) is 30.8 Å². The van der Waals surface area contributed by atoms with E-state index in [1.807, 2.05) is 0 Å². The van der Waals surface area contributed by atoms with Crippen LogP contribution in [-0.2, 0) is 24.6 Å². The van der Waals surface area contributed by atoms with Crippen LogP contribution in [0.15, 0.2) is 36.5 Å². The van der Waals surface area contributed by atoms with Gasteiger partial charge in [-0.3, -0.25) is 14.1 Å². The van der Waals surface area contributed by atoms with E-state index in [9.17, 15) is 21.6 Å². The number of benzene rings is 1. The van der Waals surface area contributed by atoms with E-state index in [2.05, 4.69) is 4.98 Å². The van der Waals surface area contributed by atoms with E-state index in [4.69, 9.17) is 0 Å². The van der Waals surface area contributed by atoms with Gasteiger partial charge in [0.05, 0.1) is 16.7 Å². The Morgan fingerprint density at radius 1 is 1.14 bits per heavy atom. The van der Waals surface area contributed by atoms with E-state index in [-0.39, 0.29) is 11.3 Å². The zero-order chi connectivity index (χ0) is 21.1. The first-order valence-electron chi connectivity index (χ1n) is 8.58. The van der Waals surface area contributed by atoms with Crippen LogP contribution in [0, 0.1) is 6.92 Å². The lowest BCUT2D eigenvalue weighted by Gasteiger charge is -2.36. The smallest absolute Gasteiger partial charge is 0.232 e. The second-order valence-electron chi connectivity index (χ2n) is 7.42. The number of ketones is 1. The molecule has 1 aromatic heterocycles. The molecular weight excluding hydrogens is 400 g/mol. The Morgan fingerprint density at radius 2 is 1.79 bits per heavy atom. The second-order valence-corrected chi connectivity index (χ2v) is 12.0. The summed E-state index contributed by atoms with van der Waals surface area (Å²) in [6.45, 7) is 4.74. The van der Waals surface area contributed by atoms with E-state index in [0.29, 0.717) is 16.8 Å². The van der Waals surface area contributed by atoms with E-state index in [0.717, 1.165) is 10.6 Å². The zero-order valence-electron chi connectivity index (χ0n) is 16.3. The van der Waals surface area contributed by atoms with E-state index in [1.54, 1.807) is 51.1 Å². The Bertz CT molecular complexity index is 1180. The van der Waals surface area contributed by atoms with Crippen molar-refractivity contribution in [1.29, 1.82) is 0 Å². The third-order valence-electron chi connectivity index (χ3n) is 5.42. The molecule has 1 unspecified atom stereocenters. The number of pyridine rings is 1.